The largest absolute Gasteiger partial charge is 0.456 e. The summed E-state index contributed by atoms with van der Waals surface area (Å²) in [6.07, 6.45) is 6.50. The molecule has 0 atom stereocenters. The predicted molar refractivity (Wildman–Crippen MR) is 95.3 cm³/mol. The summed E-state index contributed by atoms with van der Waals surface area (Å²) in [6, 6.07) is 5.56. The van der Waals surface area contributed by atoms with Crippen molar-refractivity contribution in [1.82, 2.24) is 5.32 Å². The van der Waals surface area contributed by atoms with E-state index in [-0.39, 0.29) is 23.4 Å². The van der Waals surface area contributed by atoms with Gasteiger partial charge in [-0.15, -0.1) is 0 Å². The number of halogens is 1. The maximum absolute atomic E-state index is 13.6. The van der Waals surface area contributed by atoms with Crippen molar-refractivity contribution in [1.29, 1.82) is 0 Å². The molecule has 0 heterocycles. The van der Waals surface area contributed by atoms with Crippen LogP contribution in [0.5, 0.6) is 0 Å². The number of hydrogen-bond donors (Lipinski definition) is 1. The van der Waals surface area contributed by atoms with Gasteiger partial charge in [-0.05, 0) is 68.4 Å². The molecule has 144 valence electrons. The van der Waals surface area contributed by atoms with Gasteiger partial charge < -0.3 is 10.1 Å². The Bertz CT molecular complexity index is 740. The van der Waals surface area contributed by atoms with Crippen molar-refractivity contribution in [3.63, 3.8) is 0 Å². The van der Waals surface area contributed by atoms with Gasteiger partial charge in [0.15, 0.2) is 6.61 Å². The molecule has 0 aliphatic heterocycles. The highest BCUT2D eigenvalue weighted by molar-refractivity contribution is 5.98. The topological polar surface area (TPSA) is 72.5 Å². The van der Waals surface area contributed by atoms with Crippen LogP contribution in [0.1, 0.15) is 48.9 Å². The summed E-state index contributed by atoms with van der Waals surface area (Å²) in [5.74, 6) is -0.0497. The molecule has 4 aliphatic carbocycles. The van der Waals surface area contributed by atoms with Crippen LogP contribution in [-0.2, 0) is 14.3 Å². The third-order valence-corrected chi connectivity index (χ3v) is 6.45. The van der Waals surface area contributed by atoms with E-state index in [2.05, 4.69) is 5.32 Å². The van der Waals surface area contributed by atoms with Gasteiger partial charge in [0.25, 0.3) is 0 Å². The van der Waals surface area contributed by atoms with Crippen LogP contribution in [0.4, 0.5) is 4.39 Å². The van der Waals surface area contributed by atoms with E-state index in [9.17, 15) is 18.8 Å². The van der Waals surface area contributed by atoms with Gasteiger partial charge in [-0.25, -0.2) is 4.39 Å². The lowest BCUT2D eigenvalue weighted by atomic mass is 9.49. The fraction of sp³-hybridized carbons (Fsp3) is 0.571. The van der Waals surface area contributed by atoms with Gasteiger partial charge in [-0.2, -0.15) is 0 Å². The smallest absolute Gasteiger partial charge is 0.325 e. The lowest BCUT2D eigenvalue weighted by molar-refractivity contribution is -0.150. The van der Waals surface area contributed by atoms with E-state index in [4.69, 9.17) is 4.74 Å². The van der Waals surface area contributed by atoms with Crippen molar-refractivity contribution in [3.05, 3.63) is 35.6 Å². The maximum Gasteiger partial charge on any atom is 0.325 e. The minimum Gasteiger partial charge on any atom is -0.456 e. The monoisotopic (exact) mass is 373 g/mol. The second-order valence-electron chi connectivity index (χ2n) is 8.44. The minimum absolute atomic E-state index is 0.0565. The Hall–Kier alpha value is -2.24. The van der Waals surface area contributed by atoms with E-state index in [1.165, 1.54) is 37.5 Å². The Morgan fingerprint density at radius 1 is 1.04 bits per heavy atom. The molecule has 0 aromatic heterocycles. The summed E-state index contributed by atoms with van der Waals surface area (Å²) in [5, 5.41) is 2.72. The van der Waals surface area contributed by atoms with Crippen LogP contribution in [0.25, 0.3) is 0 Å². The highest BCUT2D eigenvalue weighted by atomic mass is 19.1. The molecule has 5 nitrogen and oxygen atoms in total. The first-order valence-electron chi connectivity index (χ1n) is 9.67. The molecule has 0 unspecified atom stereocenters. The lowest BCUT2D eigenvalue weighted by Crippen LogP contribution is -2.54. The van der Waals surface area contributed by atoms with Crippen LogP contribution in [0.3, 0.4) is 0 Å². The molecular formula is C21H24FNO4. The quantitative estimate of drug-likeness (QED) is 0.615. The number of rotatable bonds is 6. The molecule has 4 bridgehead atoms. The molecule has 4 fully saturated rings. The number of carbonyl (C=O) groups excluding carboxylic acids is 3. The van der Waals surface area contributed by atoms with Gasteiger partial charge in [-0.1, -0.05) is 12.1 Å². The molecule has 0 radical (unpaired) electrons. The SMILES string of the molecule is O=C(CNC(=O)C12CC3CC(CC(C3)C1)C2)OCC(=O)c1ccccc1F. The first-order valence-corrected chi connectivity index (χ1v) is 9.67. The Morgan fingerprint density at radius 2 is 1.63 bits per heavy atom. The number of ether oxygens (including phenoxy) is 1. The number of ketones is 1. The molecule has 1 aromatic rings. The number of benzene rings is 1. The average molecular weight is 373 g/mol. The highest BCUT2D eigenvalue weighted by Crippen LogP contribution is 2.60. The van der Waals surface area contributed by atoms with Crippen LogP contribution in [0, 0.1) is 29.0 Å². The molecule has 5 rings (SSSR count). The van der Waals surface area contributed by atoms with E-state index in [0.29, 0.717) is 17.8 Å². The molecule has 4 aliphatic rings. The molecule has 1 N–H and O–H groups in total. The van der Waals surface area contributed by atoms with E-state index >= 15 is 0 Å². The maximum atomic E-state index is 13.6. The van der Waals surface area contributed by atoms with Crippen LogP contribution in [0.15, 0.2) is 24.3 Å². The predicted octanol–water partition coefficient (Wildman–Crippen LogP) is 2.88. The third-order valence-electron chi connectivity index (χ3n) is 6.45. The lowest BCUT2D eigenvalue weighted by Gasteiger charge is -2.55. The van der Waals surface area contributed by atoms with Crippen molar-refractivity contribution in [2.24, 2.45) is 23.2 Å². The fourth-order valence-corrected chi connectivity index (χ4v) is 5.69. The van der Waals surface area contributed by atoms with Crippen molar-refractivity contribution in [3.8, 4) is 0 Å². The van der Waals surface area contributed by atoms with Crippen molar-refractivity contribution in [2.75, 3.05) is 13.2 Å². The molecule has 6 heteroatoms. The summed E-state index contributed by atoms with van der Waals surface area (Å²) >= 11 is 0. The third kappa shape index (κ3) is 3.62. The summed E-state index contributed by atoms with van der Waals surface area (Å²) in [6.45, 7) is -0.794. The Balaban J connectivity index is 1.27. The minimum atomic E-state index is -0.683. The number of hydrogen-bond acceptors (Lipinski definition) is 4. The van der Waals surface area contributed by atoms with Crippen LogP contribution < -0.4 is 5.32 Å². The standard InChI is InChI=1S/C21H24FNO4/c22-17-4-2-1-3-16(17)18(24)12-27-19(25)11-23-20(26)21-8-13-5-14(9-21)7-15(6-13)10-21/h1-4,13-15H,5-12H2,(H,23,26). The first-order chi connectivity index (χ1) is 12.9. The van der Waals surface area contributed by atoms with Gasteiger partial charge in [0, 0.05) is 5.41 Å². The molecule has 0 spiro atoms. The van der Waals surface area contributed by atoms with Gasteiger partial charge in [-0.3, -0.25) is 14.4 Å². The Kier molecular flexibility index (Phi) is 4.74. The molecule has 4 saturated carbocycles. The first kappa shape index (κ1) is 18.1. The van der Waals surface area contributed by atoms with E-state index in [1.54, 1.807) is 6.07 Å². The van der Waals surface area contributed by atoms with E-state index in [1.807, 2.05) is 0 Å². The summed E-state index contributed by atoms with van der Waals surface area (Å²) in [5.41, 5.74) is -0.430. The molecule has 1 amide bonds. The zero-order valence-corrected chi connectivity index (χ0v) is 15.2. The second-order valence-corrected chi connectivity index (χ2v) is 8.44. The normalized spacial score (nSPS) is 30.8. The Labute approximate surface area is 157 Å². The molecule has 0 saturated heterocycles. The van der Waals surface area contributed by atoms with Crippen molar-refractivity contribution in [2.45, 2.75) is 38.5 Å². The van der Waals surface area contributed by atoms with Gasteiger partial charge in [0.05, 0.1) is 5.56 Å². The van der Waals surface area contributed by atoms with Gasteiger partial charge in [0.1, 0.15) is 12.4 Å². The van der Waals surface area contributed by atoms with Gasteiger partial charge >= 0.3 is 5.97 Å². The number of esters is 1. The van der Waals surface area contributed by atoms with Crippen LogP contribution >= 0.6 is 0 Å². The fourth-order valence-electron chi connectivity index (χ4n) is 5.69. The van der Waals surface area contributed by atoms with Gasteiger partial charge in [0.2, 0.25) is 11.7 Å². The summed E-state index contributed by atoms with van der Waals surface area (Å²) in [7, 11) is 0. The van der Waals surface area contributed by atoms with Crippen molar-refractivity contribution < 1.29 is 23.5 Å². The number of carbonyl (C=O) groups is 3. The molecule has 1 aromatic carbocycles. The Morgan fingerprint density at radius 3 is 2.22 bits per heavy atom. The van der Waals surface area contributed by atoms with E-state index < -0.39 is 24.2 Å². The average Bonchev–Trinajstić information content (AvgIpc) is 2.63. The number of amides is 1. The molecular weight excluding hydrogens is 349 g/mol. The van der Waals surface area contributed by atoms with Crippen molar-refractivity contribution >= 4 is 17.7 Å². The van der Waals surface area contributed by atoms with Crippen LogP contribution in [-0.4, -0.2) is 30.8 Å². The number of nitrogens with one attached hydrogen (secondary N) is 1. The highest BCUT2D eigenvalue weighted by Gasteiger charge is 2.54. The van der Waals surface area contributed by atoms with E-state index in [0.717, 1.165) is 19.3 Å². The zero-order valence-electron chi connectivity index (χ0n) is 15.2. The number of Topliss-reactive ketones (excluding diaryl/α,β-unsaturated/α-hetero) is 1. The second kappa shape index (κ2) is 7.06. The van der Waals surface area contributed by atoms with Crippen LogP contribution in [0.2, 0.25) is 0 Å². The zero-order chi connectivity index (χ0) is 19.0. The summed E-state index contributed by atoms with van der Waals surface area (Å²) in [4.78, 5) is 36.6. The molecule has 27 heavy (non-hydrogen) atoms. The summed E-state index contributed by atoms with van der Waals surface area (Å²) < 4.78 is 18.5.